The van der Waals surface area contributed by atoms with Crippen LogP contribution in [0.2, 0.25) is 0 Å². The zero-order valence-corrected chi connectivity index (χ0v) is 11.6. The molecule has 106 valence electrons. The zero-order valence-electron chi connectivity index (χ0n) is 11.6. The van der Waals surface area contributed by atoms with Crippen LogP contribution in [0.3, 0.4) is 0 Å². The van der Waals surface area contributed by atoms with E-state index >= 15 is 0 Å². The lowest BCUT2D eigenvalue weighted by molar-refractivity contribution is -0.232. The average molecular weight is 273 g/mol. The number of piperidine rings is 1. The molecule has 1 aromatic carbocycles. The van der Waals surface area contributed by atoms with Crippen molar-refractivity contribution in [1.82, 2.24) is 4.90 Å². The van der Waals surface area contributed by atoms with Gasteiger partial charge in [-0.05, 0) is 50.6 Å². The molecule has 1 saturated heterocycles. The smallest absolute Gasteiger partial charge is 0.335 e. The van der Waals surface area contributed by atoms with Gasteiger partial charge in [0.2, 0.25) is 0 Å². The molecule has 4 heteroatoms. The molecule has 2 saturated carbocycles. The Balaban J connectivity index is 1.45. The number of nitrogens with zero attached hydrogens (tertiary/aromatic N) is 1. The predicted molar refractivity (Wildman–Crippen MR) is 74.1 cm³/mol. The third-order valence-corrected chi connectivity index (χ3v) is 5.62. The second-order valence-electron chi connectivity index (χ2n) is 6.44. The quantitative estimate of drug-likeness (QED) is 0.918. The lowest BCUT2D eigenvalue weighted by atomic mass is 9.52. The van der Waals surface area contributed by atoms with Crippen LogP contribution in [0.4, 0.5) is 0 Å². The van der Waals surface area contributed by atoms with Crippen molar-refractivity contribution >= 4 is 5.97 Å². The minimum Gasteiger partial charge on any atom is -0.489 e. The molecule has 4 rings (SSSR count). The summed E-state index contributed by atoms with van der Waals surface area (Å²) in [6.45, 7) is 0. The maximum atomic E-state index is 10.8. The van der Waals surface area contributed by atoms with Gasteiger partial charge in [-0.3, -0.25) is 4.90 Å². The Morgan fingerprint density at radius 1 is 1.40 bits per heavy atom. The lowest BCUT2D eigenvalue weighted by Gasteiger charge is -2.70. The molecule has 1 aliphatic heterocycles. The summed E-state index contributed by atoms with van der Waals surface area (Å²) < 4.78 is 6.06. The Morgan fingerprint density at radius 2 is 2.15 bits per heavy atom. The van der Waals surface area contributed by atoms with Gasteiger partial charge in [-0.1, -0.05) is 6.42 Å². The average Bonchev–Trinajstić information content (AvgIpc) is 2.81. The van der Waals surface area contributed by atoms with Crippen LogP contribution in [0.5, 0.6) is 5.75 Å². The maximum Gasteiger partial charge on any atom is 0.335 e. The largest absolute Gasteiger partial charge is 0.489 e. The normalized spacial score (nSPS) is 38.4. The highest BCUT2D eigenvalue weighted by atomic mass is 16.5. The highest BCUT2D eigenvalue weighted by molar-refractivity contribution is 5.87. The van der Waals surface area contributed by atoms with E-state index in [2.05, 4.69) is 11.9 Å². The maximum absolute atomic E-state index is 10.8. The molecule has 0 amide bonds. The fourth-order valence-corrected chi connectivity index (χ4v) is 4.82. The van der Waals surface area contributed by atoms with Crippen LogP contribution in [0.1, 0.15) is 36.0 Å². The molecule has 4 nitrogen and oxygen atoms in total. The number of carboxylic acid groups (broad SMARTS) is 1. The van der Waals surface area contributed by atoms with Crippen LogP contribution in [0.15, 0.2) is 24.3 Å². The Kier molecular flexibility index (Phi) is 2.43. The highest BCUT2D eigenvalue weighted by Gasteiger charge is 2.71. The molecule has 4 atom stereocenters. The summed E-state index contributed by atoms with van der Waals surface area (Å²) in [5, 5.41) is 8.89. The van der Waals surface area contributed by atoms with Gasteiger partial charge in [-0.15, -0.1) is 0 Å². The van der Waals surface area contributed by atoms with Crippen molar-refractivity contribution in [2.75, 3.05) is 7.05 Å². The first kappa shape index (κ1) is 12.2. The third-order valence-electron chi connectivity index (χ3n) is 5.62. The van der Waals surface area contributed by atoms with Crippen LogP contribution in [-0.4, -0.2) is 41.2 Å². The molecule has 1 aromatic rings. The molecule has 0 radical (unpaired) electrons. The van der Waals surface area contributed by atoms with E-state index in [1.807, 2.05) is 0 Å². The first-order valence-corrected chi connectivity index (χ1v) is 7.34. The van der Waals surface area contributed by atoms with E-state index in [4.69, 9.17) is 9.84 Å². The molecule has 4 unspecified atom stereocenters. The monoisotopic (exact) mass is 273 g/mol. The van der Waals surface area contributed by atoms with E-state index in [-0.39, 0.29) is 6.10 Å². The number of benzene rings is 1. The van der Waals surface area contributed by atoms with Crippen LogP contribution >= 0.6 is 0 Å². The molecule has 2 aliphatic carbocycles. The topological polar surface area (TPSA) is 49.8 Å². The predicted octanol–water partition coefficient (Wildman–Crippen LogP) is 2.39. The molecule has 3 aliphatic rings. The van der Waals surface area contributed by atoms with Gasteiger partial charge >= 0.3 is 5.97 Å². The summed E-state index contributed by atoms with van der Waals surface area (Å²) in [7, 11) is 2.21. The van der Waals surface area contributed by atoms with Crippen molar-refractivity contribution in [3.05, 3.63) is 29.8 Å². The SMILES string of the molecule is CN1C2CCCC23CC(Oc2ccc(C(=O)O)cc2)C13. The van der Waals surface area contributed by atoms with Crippen LogP contribution in [-0.2, 0) is 0 Å². The lowest BCUT2D eigenvalue weighted by Crippen LogP contribution is -2.80. The first-order valence-electron chi connectivity index (χ1n) is 7.34. The van der Waals surface area contributed by atoms with E-state index < -0.39 is 5.97 Å². The standard InChI is InChI=1S/C16H19NO3/c1-17-13-3-2-8-16(13)9-12(14(16)17)20-11-6-4-10(5-7-11)15(18)19/h4-7,12-14H,2-3,8-9H2,1H3,(H,18,19). The molecular weight excluding hydrogens is 254 g/mol. The second kappa shape index (κ2) is 3.98. The number of carbonyl (C=O) groups is 1. The van der Waals surface area contributed by atoms with E-state index in [9.17, 15) is 4.79 Å². The molecule has 1 N–H and O–H groups in total. The number of hydrogen-bond acceptors (Lipinski definition) is 3. The minimum absolute atomic E-state index is 0.269. The number of rotatable bonds is 3. The van der Waals surface area contributed by atoms with E-state index in [1.165, 1.54) is 19.3 Å². The van der Waals surface area contributed by atoms with Gasteiger partial charge in [-0.25, -0.2) is 4.79 Å². The van der Waals surface area contributed by atoms with Crippen LogP contribution in [0.25, 0.3) is 0 Å². The molecule has 1 heterocycles. The number of carboxylic acids is 1. The van der Waals surface area contributed by atoms with Crippen molar-refractivity contribution in [2.24, 2.45) is 5.41 Å². The number of aromatic carboxylic acids is 1. The third kappa shape index (κ3) is 1.43. The summed E-state index contributed by atoms with van der Waals surface area (Å²) in [6.07, 6.45) is 5.47. The first-order chi connectivity index (χ1) is 9.62. The Morgan fingerprint density at radius 3 is 2.85 bits per heavy atom. The molecule has 20 heavy (non-hydrogen) atoms. The van der Waals surface area contributed by atoms with Crippen molar-refractivity contribution in [2.45, 2.75) is 43.9 Å². The van der Waals surface area contributed by atoms with Gasteiger partial charge in [0.15, 0.2) is 0 Å². The fraction of sp³-hybridized carbons (Fsp3) is 0.562. The Labute approximate surface area is 118 Å². The van der Waals surface area contributed by atoms with Crippen LogP contribution in [0, 0.1) is 5.41 Å². The molecule has 3 fully saturated rings. The van der Waals surface area contributed by atoms with E-state index in [1.54, 1.807) is 24.3 Å². The zero-order chi connectivity index (χ0) is 13.9. The van der Waals surface area contributed by atoms with Gasteiger partial charge in [0, 0.05) is 11.5 Å². The highest BCUT2D eigenvalue weighted by Crippen LogP contribution is 2.65. The second-order valence-corrected chi connectivity index (χ2v) is 6.44. The summed E-state index contributed by atoms with van der Waals surface area (Å²) in [6, 6.07) is 8.08. The number of likely N-dealkylation sites (N-methyl/N-ethyl adjacent to an activating group) is 1. The minimum atomic E-state index is -0.897. The number of likely N-dealkylation sites (tertiary alicyclic amines) is 1. The molecular formula is C16H19NO3. The van der Waals surface area contributed by atoms with Crippen molar-refractivity contribution < 1.29 is 14.6 Å². The molecule has 1 spiro atoms. The fourth-order valence-electron chi connectivity index (χ4n) is 4.82. The van der Waals surface area contributed by atoms with Gasteiger partial charge < -0.3 is 9.84 Å². The Hall–Kier alpha value is -1.55. The molecule has 0 bridgehead atoms. The van der Waals surface area contributed by atoms with Gasteiger partial charge in [0.05, 0.1) is 11.6 Å². The van der Waals surface area contributed by atoms with Gasteiger partial charge in [0.1, 0.15) is 11.9 Å². The van der Waals surface area contributed by atoms with Gasteiger partial charge in [-0.2, -0.15) is 0 Å². The summed E-state index contributed by atoms with van der Waals surface area (Å²) in [5.41, 5.74) is 0.847. The molecule has 0 aromatic heterocycles. The van der Waals surface area contributed by atoms with Crippen LogP contribution < -0.4 is 4.74 Å². The summed E-state index contributed by atoms with van der Waals surface area (Å²) >= 11 is 0. The van der Waals surface area contributed by atoms with Crippen molar-refractivity contribution in [3.8, 4) is 5.75 Å². The number of ether oxygens (including phenoxy) is 1. The Bertz CT molecular complexity index is 555. The number of hydrogen-bond donors (Lipinski definition) is 1. The van der Waals surface area contributed by atoms with Gasteiger partial charge in [0.25, 0.3) is 0 Å². The van der Waals surface area contributed by atoms with Crippen molar-refractivity contribution in [1.29, 1.82) is 0 Å². The van der Waals surface area contributed by atoms with Crippen molar-refractivity contribution in [3.63, 3.8) is 0 Å². The summed E-state index contributed by atoms with van der Waals surface area (Å²) in [5.74, 6) is -0.114. The van der Waals surface area contributed by atoms with E-state index in [0.717, 1.165) is 18.2 Å². The summed E-state index contributed by atoms with van der Waals surface area (Å²) in [4.78, 5) is 13.3. The van der Waals surface area contributed by atoms with E-state index in [0.29, 0.717) is 17.0 Å².